The van der Waals surface area contributed by atoms with Crippen LogP contribution in [0.3, 0.4) is 0 Å². The fourth-order valence-electron chi connectivity index (χ4n) is 2.53. The number of carbonyl (C=O) groups excluding carboxylic acids is 1. The van der Waals surface area contributed by atoms with Crippen molar-refractivity contribution >= 4 is 28.8 Å². The quantitative estimate of drug-likeness (QED) is 0.784. The second-order valence-corrected chi connectivity index (χ2v) is 4.94. The van der Waals surface area contributed by atoms with Gasteiger partial charge in [-0.3, -0.25) is 10.2 Å². The van der Waals surface area contributed by atoms with E-state index in [9.17, 15) is 4.79 Å². The Labute approximate surface area is 121 Å². The van der Waals surface area contributed by atoms with Crippen molar-refractivity contribution in [3.8, 4) is 0 Å². The monoisotopic (exact) mass is 276 g/mol. The summed E-state index contributed by atoms with van der Waals surface area (Å²) in [6.45, 7) is 0. The molecule has 5 nitrogen and oxygen atoms in total. The van der Waals surface area contributed by atoms with Gasteiger partial charge in [0, 0.05) is 12.0 Å². The minimum Gasteiger partial charge on any atom is -0.320 e. The van der Waals surface area contributed by atoms with Crippen LogP contribution in [0, 0.1) is 0 Å². The van der Waals surface area contributed by atoms with Gasteiger partial charge >= 0.3 is 0 Å². The smallest absolute Gasteiger partial charge is 0.276 e. The molecular formula is C16H12N4O. The van der Waals surface area contributed by atoms with Crippen LogP contribution in [0.25, 0.3) is 0 Å². The number of nitrogens with one attached hydrogen (secondary N) is 2. The second-order valence-electron chi connectivity index (χ2n) is 4.94. The topological polar surface area (TPSA) is 65.8 Å². The standard InChI is InChI=1S/C16H12N4O/c21-16-15(11-6-2-4-8-13(11)18-16)20-19-14-9-10-5-1-3-7-12(10)17-14/h1-8H,9H2,(H,17,19)(H,18,20,21). The Bertz CT molecular complexity index is 807. The number of para-hydroxylation sites is 2. The molecule has 4 rings (SSSR count). The van der Waals surface area contributed by atoms with Crippen molar-refractivity contribution < 1.29 is 4.79 Å². The Kier molecular flexibility index (Phi) is 2.57. The van der Waals surface area contributed by atoms with Gasteiger partial charge in [-0.05, 0) is 17.7 Å². The number of amides is 1. The maximum Gasteiger partial charge on any atom is 0.276 e. The number of carbonyl (C=O) groups is 1. The lowest BCUT2D eigenvalue weighted by Gasteiger charge is -2.00. The fraction of sp³-hybridized carbons (Fsp3) is 0.0625. The lowest BCUT2D eigenvalue weighted by molar-refractivity contribution is -0.110. The molecular weight excluding hydrogens is 264 g/mol. The van der Waals surface area contributed by atoms with E-state index < -0.39 is 0 Å². The van der Waals surface area contributed by atoms with E-state index in [1.165, 1.54) is 0 Å². The molecule has 5 heteroatoms. The first-order valence-electron chi connectivity index (χ1n) is 6.71. The number of benzene rings is 2. The molecule has 2 aromatic rings. The first-order valence-corrected chi connectivity index (χ1v) is 6.71. The number of hydrazone groups is 1. The van der Waals surface area contributed by atoms with Crippen molar-refractivity contribution in [2.45, 2.75) is 6.42 Å². The van der Waals surface area contributed by atoms with Gasteiger partial charge in [0.15, 0.2) is 5.71 Å². The average molecular weight is 276 g/mol. The maximum absolute atomic E-state index is 11.9. The predicted octanol–water partition coefficient (Wildman–Crippen LogP) is 2.22. The number of anilines is 1. The fourth-order valence-corrected chi connectivity index (χ4v) is 2.53. The molecule has 0 fully saturated rings. The molecule has 0 saturated carbocycles. The molecule has 2 aliphatic heterocycles. The molecule has 0 bridgehead atoms. The van der Waals surface area contributed by atoms with Gasteiger partial charge in [0.05, 0.1) is 11.4 Å². The van der Waals surface area contributed by atoms with E-state index in [4.69, 9.17) is 0 Å². The Hall–Kier alpha value is -2.95. The Morgan fingerprint density at radius 2 is 1.90 bits per heavy atom. The zero-order valence-electron chi connectivity index (χ0n) is 11.1. The van der Waals surface area contributed by atoms with Gasteiger partial charge in [-0.15, -0.1) is 0 Å². The van der Waals surface area contributed by atoms with Crippen molar-refractivity contribution in [2.75, 3.05) is 5.32 Å². The predicted molar refractivity (Wildman–Crippen MR) is 82.0 cm³/mol. The number of fused-ring (bicyclic) bond motifs is 2. The highest BCUT2D eigenvalue weighted by Gasteiger charge is 2.25. The third-order valence-corrected chi connectivity index (χ3v) is 3.55. The largest absolute Gasteiger partial charge is 0.320 e. The van der Waals surface area contributed by atoms with Crippen LogP contribution in [-0.2, 0) is 11.2 Å². The highest BCUT2D eigenvalue weighted by molar-refractivity contribution is 6.53. The van der Waals surface area contributed by atoms with Crippen LogP contribution in [0.2, 0.25) is 0 Å². The minimum atomic E-state index is -0.195. The molecule has 0 atom stereocenters. The second kappa shape index (κ2) is 4.56. The third kappa shape index (κ3) is 1.99. The van der Waals surface area contributed by atoms with Gasteiger partial charge in [0.2, 0.25) is 0 Å². The summed E-state index contributed by atoms with van der Waals surface area (Å²) in [6.07, 6.45) is 0.705. The van der Waals surface area contributed by atoms with Crippen LogP contribution < -0.4 is 10.7 Å². The van der Waals surface area contributed by atoms with Crippen LogP contribution in [0.15, 0.2) is 58.6 Å². The van der Waals surface area contributed by atoms with Crippen molar-refractivity contribution in [1.82, 2.24) is 5.43 Å². The van der Waals surface area contributed by atoms with Gasteiger partial charge in [-0.25, -0.2) is 4.99 Å². The normalized spacial score (nSPS) is 17.2. The number of rotatable bonds is 1. The lowest BCUT2D eigenvalue weighted by atomic mass is 10.1. The maximum atomic E-state index is 11.9. The molecule has 0 radical (unpaired) electrons. The van der Waals surface area contributed by atoms with E-state index >= 15 is 0 Å². The summed E-state index contributed by atoms with van der Waals surface area (Å²) in [4.78, 5) is 16.4. The molecule has 2 N–H and O–H groups in total. The zero-order valence-corrected chi connectivity index (χ0v) is 11.1. The van der Waals surface area contributed by atoms with Crippen LogP contribution in [0.4, 0.5) is 11.4 Å². The van der Waals surface area contributed by atoms with E-state index in [1.807, 2.05) is 48.5 Å². The molecule has 1 amide bonds. The van der Waals surface area contributed by atoms with Gasteiger partial charge in [-0.1, -0.05) is 36.4 Å². The third-order valence-electron chi connectivity index (χ3n) is 3.55. The first-order chi connectivity index (χ1) is 10.3. The number of hydrogen-bond acceptors (Lipinski definition) is 4. The summed E-state index contributed by atoms with van der Waals surface area (Å²) in [5.74, 6) is 0.556. The number of amidine groups is 1. The van der Waals surface area contributed by atoms with Crippen molar-refractivity contribution in [3.05, 3.63) is 59.7 Å². The van der Waals surface area contributed by atoms with Crippen LogP contribution in [0.5, 0.6) is 0 Å². The molecule has 2 aromatic carbocycles. The Morgan fingerprint density at radius 3 is 2.81 bits per heavy atom. The van der Waals surface area contributed by atoms with Crippen molar-refractivity contribution in [1.29, 1.82) is 0 Å². The van der Waals surface area contributed by atoms with Crippen molar-refractivity contribution in [2.24, 2.45) is 10.1 Å². The highest BCUT2D eigenvalue weighted by Crippen LogP contribution is 2.25. The van der Waals surface area contributed by atoms with E-state index in [2.05, 4.69) is 20.8 Å². The van der Waals surface area contributed by atoms with Gasteiger partial charge in [0.25, 0.3) is 5.91 Å². The van der Waals surface area contributed by atoms with E-state index in [-0.39, 0.29) is 5.91 Å². The molecule has 2 heterocycles. The molecule has 102 valence electrons. The summed E-state index contributed by atoms with van der Waals surface area (Å²) < 4.78 is 0. The summed E-state index contributed by atoms with van der Waals surface area (Å²) in [5.41, 5.74) is 7.03. The van der Waals surface area contributed by atoms with E-state index in [1.54, 1.807) is 0 Å². The van der Waals surface area contributed by atoms with Crippen LogP contribution >= 0.6 is 0 Å². The molecule has 0 aromatic heterocycles. The van der Waals surface area contributed by atoms with Crippen molar-refractivity contribution in [3.63, 3.8) is 0 Å². The van der Waals surface area contributed by atoms with Gasteiger partial charge in [-0.2, -0.15) is 5.10 Å². The molecule has 0 saturated heterocycles. The molecule has 21 heavy (non-hydrogen) atoms. The lowest BCUT2D eigenvalue weighted by Crippen LogP contribution is -2.23. The highest BCUT2D eigenvalue weighted by atomic mass is 16.2. The summed E-state index contributed by atoms with van der Waals surface area (Å²) >= 11 is 0. The molecule has 0 unspecified atom stereocenters. The summed E-state index contributed by atoms with van der Waals surface area (Å²) in [6, 6.07) is 15.5. The first kappa shape index (κ1) is 11.8. The Balaban J connectivity index is 1.59. The Morgan fingerprint density at radius 1 is 1.10 bits per heavy atom. The van der Waals surface area contributed by atoms with E-state index in [0.717, 1.165) is 28.3 Å². The number of nitrogens with zero attached hydrogens (tertiary/aromatic N) is 2. The molecule has 0 aliphatic carbocycles. The van der Waals surface area contributed by atoms with E-state index in [0.29, 0.717) is 12.1 Å². The number of aliphatic imine (C=N–C) groups is 1. The minimum absolute atomic E-state index is 0.195. The van der Waals surface area contributed by atoms with Gasteiger partial charge in [0.1, 0.15) is 5.84 Å². The summed E-state index contributed by atoms with van der Waals surface area (Å²) in [5, 5.41) is 7.02. The van der Waals surface area contributed by atoms with Crippen LogP contribution in [-0.4, -0.2) is 17.5 Å². The van der Waals surface area contributed by atoms with Gasteiger partial charge < -0.3 is 5.32 Å². The van der Waals surface area contributed by atoms with Crippen LogP contribution in [0.1, 0.15) is 11.1 Å². The SMILES string of the molecule is O=C1Nc2ccccc2/C1=N/NC1=Nc2ccccc2C1. The number of hydrogen-bond donors (Lipinski definition) is 2. The zero-order chi connectivity index (χ0) is 14.2. The summed E-state index contributed by atoms with van der Waals surface area (Å²) in [7, 11) is 0. The molecule has 0 spiro atoms. The molecule has 2 aliphatic rings. The average Bonchev–Trinajstić information content (AvgIpc) is 3.04.